The van der Waals surface area contributed by atoms with Gasteiger partial charge in [0.1, 0.15) is 11.6 Å². The Bertz CT molecular complexity index is 754. The summed E-state index contributed by atoms with van der Waals surface area (Å²) in [6.07, 6.45) is 3.53. The van der Waals surface area contributed by atoms with Crippen LogP contribution >= 0.6 is 11.6 Å². The number of alkyl halides is 1. The summed E-state index contributed by atoms with van der Waals surface area (Å²) >= 11 is 6.19. The Hall–Kier alpha value is -1.54. The minimum Gasteiger partial charge on any atom is -0.494 e. The molecule has 0 aromatic heterocycles. The average Bonchev–Trinajstić information content (AvgIpc) is 2.94. The van der Waals surface area contributed by atoms with E-state index < -0.39 is 0 Å². The Kier molecular flexibility index (Phi) is 5.38. The molecule has 0 saturated heterocycles. The summed E-state index contributed by atoms with van der Waals surface area (Å²) in [5.41, 5.74) is 3.97. The lowest BCUT2D eigenvalue weighted by Crippen LogP contribution is -2.17. The van der Waals surface area contributed by atoms with E-state index in [0.717, 1.165) is 23.3 Å². The van der Waals surface area contributed by atoms with Gasteiger partial charge in [0, 0.05) is 11.1 Å². The van der Waals surface area contributed by atoms with Gasteiger partial charge in [0.15, 0.2) is 0 Å². The maximum atomic E-state index is 14.6. The van der Waals surface area contributed by atoms with Crippen molar-refractivity contribution < 1.29 is 9.13 Å². The van der Waals surface area contributed by atoms with Gasteiger partial charge in [0.05, 0.1) is 12.5 Å². The first-order valence-electron chi connectivity index (χ1n) is 9.08. The number of rotatable bonds is 5. The zero-order valence-corrected chi connectivity index (χ0v) is 16.0. The molecule has 1 atom stereocenters. The molecule has 1 saturated carbocycles. The van der Waals surface area contributed by atoms with E-state index in [-0.39, 0.29) is 11.2 Å². The largest absolute Gasteiger partial charge is 0.494 e. The molecule has 0 bridgehead atoms. The van der Waals surface area contributed by atoms with E-state index in [9.17, 15) is 4.39 Å². The fourth-order valence-corrected chi connectivity index (χ4v) is 4.35. The molecule has 3 rings (SSSR count). The van der Waals surface area contributed by atoms with E-state index in [1.165, 1.54) is 24.5 Å². The maximum absolute atomic E-state index is 14.6. The number of halogens is 2. The van der Waals surface area contributed by atoms with Gasteiger partial charge >= 0.3 is 0 Å². The van der Waals surface area contributed by atoms with Crippen LogP contribution in [-0.2, 0) is 5.88 Å². The number of hydrogen-bond donors (Lipinski definition) is 0. The van der Waals surface area contributed by atoms with Crippen LogP contribution in [0.4, 0.5) is 4.39 Å². The molecule has 0 spiro atoms. The highest BCUT2D eigenvalue weighted by Gasteiger charge is 2.37. The van der Waals surface area contributed by atoms with Crippen LogP contribution in [-0.4, -0.2) is 6.61 Å². The van der Waals surface area contributed by atoms with Gasteiger partial charge in [0.2, 0.25) is 0 Å². The summed E-state index contributed by atoms with van der Waals surface area (Å²) in [6.45, 7) is 7.14. The Morgan fingerprint density at radius 2 is 1.96 bits per heavy atom. The highest BCUT2D eigenvalue weighted by Crippen LogP contribution is 2.52. The van der Waals surface area contributed by atoms with Gasteiger partial charge in [-0.1, -0.05) is 38.5 Å². The number of hydrogen-bond acceptors (Lipinski definition) is 1. The van der Waals surface area contributed by atoms with Gasteiger partial charge in [0.25, 0.3) is 0 Å². The van der Waals surface area contributed by atoms with Crippen molar-refractivity contribution in [2.75, 3.05) is 6.61 Å². The first-order valence-corrected chi connectivity index (χ1v) is 9.62. The Morgan fingerprint density at radius 1 is 1.20 bits per heavy atom. The molecule has 1 aliphatic carbocycles. The van der Waals surface area contributed by atoms with Crippen LogP contribution in [0, 0.1) is 11.2 Å². The maximum Gasteiger partial charge on any atom is 0.131 e. The molecule has 25 heavy (non-hydrogen) atoms. The van der Waals surface area contributed by atoms with E-state index >= 15 is 0 Å². The van der Waals surface area contributed by atoms with E-state index in [2.05, 4.69) is 19.9 Å². The molecule has 0 unspecified atom stereocenters. The summed E-state index contributed by atoms with van der Waals surface area (Å²) in [5.74, 6) is 1.36. The van der Waals surface area contributed by atoms with Gasteiger partial charge < -0.3 is 4.74 Å². The Labute approximate surface area is 155 Å². The van der Waals surface area contributed by atoms with Crippen LogP contribution in [0.2, 0.25) is 0 Å². The van der Waals surface area contributed by atoms with Crippen LogP contribution in [0.1, 0.15) is 57.1 Å². The van der Waals surface area contributed by atoms with Crippen LogP contribution < -0.4 is 4.74 Å². The Balaban J connectivity index is 2.23. The van der Waals surface area contributed by atoms with Gasteiger partial charge in [-0.3, -0.25) is 0 Å². The molecular formula is C22H26ClFO. The lowest BCUT2D eigenvalue weighted by Gasteiger charge is -2.30. The van der Waals surface area contributed by atoms with Gasteiger partial charge in [-0.25, -0.2) is 4.39 Å². The minimum absolute atomic E-state index is 0.194. The Morgan fingerprint density at radius 3 is 2.56 bits per heavy atom. The summed E-state index contributed by atoms with van der Waals surface area (Å²) in [7, 11) is 0. The second-order valence-corrected chi connectivity index (χ2v) is 7.79. The van der Waals surface area contributed by atoms with Crippen LogP contribution in [0.5, 0.6) is 5.75 Å². The molecule has 1 fully saturated rings. The van der Waals surface area contributed by atoms with Crippen molar-refractivity contribution in [3.05, 3.63) is 53.3 Å². The van der Waals surface area contributed by atoms with Crippen molar-refractivity contribution in [3.63, 3.8) is 0 Å². The molecule has 2 aromatic carbocycles. The average molecular weight is 361 g/mol. The summed E-state index contributed by atoms with van der Waals surface area (Å²) in [4.78, 5) is 0. The van der Waals surface area contributed by atoms with Crippen LogP contribution in [0.25, 0.3) is 11.1 Å². The topological polar surface area (TPSA) is 9.23 Å². The SMILES string of the molecule is CCOc1cc(-c2ccccc2F)c([C@H]2CCCC2(C)C)cc1CCl. The number of ether oxygens (including phenoxy) is 1. The highest BCUT2D eigenvalue weighted by molar-refractivity contribution is 6.17. The third-order valence-electron chi connectivity index (χ3n) is 5.47. The zero-order valence-electron chi connectivity index (χ0n) is 15.2. The second-order valence-electron chi connectivity index (χ2n) is 7.53. The van der Waals surface area contributed by atoms with Crippen molar-refractivity contribution in [1.29, 1.82) is 0 Å². The van der Waals surface area contributed by atoms with Gasteiger partial charge in [-0.05, 0) is 60.4 Å². The minimum atomic E-state index is -0.194. The lowest BCUT2D eigenvalue weighted by atomic mass is 9.75. The van der Waals surface area contributed by atoms with Crippen LogP contribution in [0.15, 0.2) is 36.4 Å². The predicted molar refractivity (Wildman–Crippen MR) is 103 cm³/mol. The lowest BCUT2D eigenvalue weighted by molar-refractivity contribution is 0.328. The second kappa shape index (κ2) is 7.37. The van der Waals surface area contributed by atoms with E-state index in [1.807, 2.05) is 25.1 Å². The molecule has 3 heteroatoms. The molecule has 134 valence electrons. The molecule has 0 radical (unpaired) electrons. The third kappa shape index (κ3) is 3.55. The van der Waals surface area contributed by atoms with Crippen molar-refractivity contribution in [2.45, 2.75) is 51.8 Å². The monoisotopic (exact) mass is 360 g/mol. The molecule has 0 heterocycles. The molecule has 1 nitrogen and oxygen atoms in total. The molecule has 0 amide bonds. The molecule has 2 aromatic rings. The standard InChI is InChI=1S/C22H26ClFO/c1-4-25-21-13-17(16-8-5-6-10-20(16)24)18(12-15(21)14-23)19-9-7-11-22(19,2)3/h5-6,8,10,12-13,19H,4,7,9,11,14H2,1-3H3/t19-/m1/s1. The number of benzene rings is 2. The predicted octanol–water partition coefficient (Wildman–Crippen LogP) is 6.92. The molecule has 0 aliphatic heterocycles. The fraction of sp³-hybridized carbons (Fsp3) is 0.455. The van der Waals surface area contributed by atoms with E-state index in [0.29, 0.717) is 24.0 Å². The first kappa shape index (κ1) is 18.3. The van der Waals surface area contributed by atoms with Crippen molar-refractivity contribution in [3.8, 4) is 16.9 Å². The van der Waals surface area contributed by atoms with Crippen molar-refractivity contribution in [2.24, 2.45) is 5.41 Å². The molecule has 0 N–H and O–H groups in total. The first-order chi connectivity index (χ1) is 12.0. The summed E-state index contributed by atoms with van der Waals surface area (Å²) in [6, 6.07) is 11.1. The summed E-state index contributed by atoms with van der Waals surface area (Å²) < 4.78 is 20.4. The van der Waals surface area contributed by atoms with Gasteiger partial charge in [-0.2, -0.15) is 0 Å². The van der Waals surface area contributed by atoms with Gasteiger partial charge in [-0.15, -0.1) is 11.6 Å². The molecule has 1 aliphatic rings. The van der Waals surface area contributed by atoms with E-state index in [1.54, 1.807) is 6.07 Å². The van der Waals surface area contributed by atoms with Crippen molar-refractivity contribution >= 4 is 11.6 Å². The summed E-state index contributed by atoms with van der Waals surface area (Å²) in [5, 5.41) is 0. The third-order valence-corrected chi connectivity index (χ3v) is 5.76. The zero-order chi connectivity index (χ0) is 18.0. The quantitative estimate of drug-likeness (QED) is 0.525. The fourth-order valence-electron chi connectivity index (χ4n) is 4.14. The van der Waals surface area contributed by atoms with Crippen molar-refractivity contribution in [1.82, 2.24) is 0 Å². The molecular weight excluding hydrogens is 335 g/mol. The normalized spacial score (nSPS) is 19.2. The smallest absolute Gasteiger partial charge is 0.131 e. The highest BCUT2D eigenvalue weighted by atomic mass is 35.5. The van der Waals surface area contributed by atoms with E-state index in [4.69, 9.17) is 16.3 Å². The van der Waals surface area contributed by atoms with Crippen LogP contribution in [0.3, 0.4) is 0 Å².